The van der Waals surface area contributed by atoms with E-state index in [4.69, 9.17) is 9.84 Å². The standard InChI is InChI=1S/C20H21NO4/c1-14-3-2-4-18(11-14)25-17-7-5-15(6-8-17)9-10-21-13-16(20(23)24)12-19(21)22/h2-8,11,16H,9-10,12-13H2,1H3,(H,23,24). The summed E-state index contributed by atoms with van der Waals surface area (Å²) < 4.78 is 5.82. The largest absolute Gasteiger partial charge is 0.481 e. The molecular weight excluding hydrogens is 318 g/mol. The van der Waals surface area contributed by atoms with Crippen LogP contribution in [-0.4, -0.2) is 35.0 Å². The number of carbonyl (C=O) groups is 2. The van der Waals surface area contributed by atoms with Crippen LogP contribution in [0.15, 0.2) is 48.5 Å². The number of benzene rings is 2. The highest BCUT2D eigenvalue weighted by Crippen LogP contribution is 2.23. The molecule has 0 aromatic heterocycles. The Balaban J connectivity index is 1.54. The van der Waals surface area contributed by atoms with Crippen molar-refractivity contribution < 1.29 is 19.4 Å². The first kappa shape index (κ1) is 17.0. The minimum absolute atomic E-state index is 0.0770. The number of hydrogen-bond donors (Lipinski definition) is 1. The van der Waals surface area contributed by atoms with Crippen molar-refractivity contribution in [2.45, 2.75) is 19.8 Å². The second kappa shape index (κ2) is 7.38. The lowest BCUT2D eigenvalue weighted by Gasteiger charge is -2.16. The Morgan fingerprint density at radius 1 is 1.20 bits per heavy atom. The van der Waals surface area contributed by atoms with Gasteiger partial charge in [0, 0.05) is 19.5 Å². The van der Waals surface area contributed by atoms with Crippen molar-refractivity contribution in [2.75, 3.05) is 13.1 Å². The maximum atomic E-state index is 11.8. The van der Waals surface area contributed by atoms with Gasteiger partial charge in [-0.05, 0) is 48.7 Å². The number of aliphatic carboxylic acids is 1. The molecule has 1 aliphatic rings. The Hall–Kier alpha value is -2.82. The molecule has 0 bridgehead atoms. The lowest BCUT2D eigenvalue weighted by atomic mass is 10.1. The van der Waals surface area contributed by atoms with Crippen LogP contribution in [0.4, 0.5) is 0 Å². The van der Waals surface area contributed by atoms with Crippen LogP contribution in [0.1, 0.15) is 17.5 Å². The van der Waals surface area contributed by atoms with Crippen LogP contribution >= 0.6 is 0 Å². The second-order valence-electron chi connectivity index (χ2n) is 6.39. The smallest absolute Gasteiger partial charge is 0.308 e. The van der Waals surface area contributed by atoms with E-state index in [0.29, 0.717) is 19.5 Å². The summed E-state index contributed by atoms with van der Waals surface area (Å²) in [6, 6.07) is 15.6. The van der Waals surface area contributed by atoms with E-state index in [1.165, 1.54) is 0 Å². The number of rotatable bonds is 6. The van der Waals surface area contributed by atoms with Crippen molar-refractivity contribution in [3.8, 4) is 11.5 Å². The van der Waals surface area contributed by atoms with Gasteiger partial charge in [-0.25, -0.2) is 0 Å². The molecule has 5 heteroatoms. The minimum atomic E-state index is -0.895. The molecular formula is C20H21NO4. The minimum Gasteiger partial charge on any atom is -0.481 e. The molecule has 1 amide bonds. The molecule has 0 radical (unpaired) electrons. The predicted octanol–water partition coefficient (Wildman–Crippen LogP) is 3.26. The lowest BCUT2D eigenvalue weighted by Crippen LogP contribution is -2.28. The summed E-state index contributed by atoms with van der Waals surface area (Å²) >= 11 is 0. The van der Waals surface area contributed by atoms with E-state index < -0.39 is 11.9 Å². The summed E-state index contributed by atoms with van der Waals surface area (Å²) in [5.41, 5.74) is 2.23. The molecule has 25 heavy (non-hydrogen) atoms. The summed E-state index contributed by atoms with van der Waals surface area (Å²) in [5, 5.41) is 9.01. The third kappa shape index (κ3) is 4.38. The summed E-state index contributed by atoms with van der Waals surface area (Å²) in [7, 11) is 0. The fourth-order valence-corrected chi connectivity index (χ4v) is 2.96. The molecule has 0 spiro atoms. The molecule has 1 saturated heterocycles. The zero-order chi connectivity index (χ0) is 17.8. The van der Waals surface area contributed by atoms with E-state index in [1.807, 2.05) is 55.5 Å². The molecule has 1 N–H and O–H groups in total. The number of ether oxygens (including phenoxy) is 1. The van der Waals surface area contributed by atoms with Gasteiger partial charge in [-0.3, -0.25) is 9.59 Å². The number of amides is 1. The zero-order valence-corrected chi connectivity index (χ0v) is 14.1. The van der Waals surface area contributed by atoms with Gasteiger partial charge in [0.05, 0.1) is 5.92 Å². The SMILES string of the molecule is Cc1cccc(Oc2ccc(CCN3CC(C(=O)O)CC3=O)cc2)c1. The van der Waals surface area contributed by atoms with Crippen molar-refractivity contribution in [3.05, 3.63) is 59.7 Å². The van der Waals surface area contributed by atoms with Gasteiger partial charge in [0.25, 0.3) is 0 Å². The van der Waals surface area contributed by atoms with Crippen molar-refractivity contribution in [1.29, 1.82) is 0 Å². The van der Waals surface area contributed by atoms with E-state index in [9.17, 15) is 9.59 Å². The van der Waals surface area contributed by atoms with Gasteiger partial charge in [0.2, 0.25) is 5.91 Å². The van der Waals surface area contributed by atoms with E-state index in [-0.39, 0.29) is 12.3 Å². The number of carboxylic acid groups (broad SMARTS) is 1. The Kier molecular flexibility index (Phi) is 5.03. The van der Waals surface area contributed by atoms with Gasteiger partial charge in [-0.2, -0.15) is 0 Å². The van der Waals surface area contributed by atoms with Gasteiger partial charge in [0.1, 0.15) is 11.5 Å². The molecule has 0 aliphatic carbocycles. The van der Waals surface area contributed by atoms with Gasteiger partial charge in [-0.15, -0.1) is 0 Å². The number of carbonyl (C=O) groups excluding carboxylic acids is 1. The van der Waals surface area contributed by atoms with E-state index >= 15 is 0 Å². The molecule has 2 aromatic carbocycles. The number of aryl methyl sites for hydroxylation is 1. The number of hydrogen-bond acceptors (Lipinski definition) is 3. The highest BCUT2D eigenvalue weighted by Gasteiger charge is 2.33. The van der Waals surface area contributed by atoms with Crippen molar-refractivity contribution in [3.63, 3.8) is 0 Å². The fraction of sp³-hybridized carbons (Fsp3) is 0.300. The number of nitrogens with zero attached hydrogens (tertiary/aromatic N) is 1. The molecule has 1 aliphatic heterocycles. The summed E-state index contributed by atoms with van der Waals surface area (Å²) in [4.78, 5) is 24.5. The molecule has 1 heterocycles. The molecule has 130 valence electrons. The Morgan fingerprint density at radius 2 is 1.96 bits per heavy atom. The first-order valence-corrected chi connectivity index (χ1v) is 8.35. The van der Waals surface area contributed by atoms with E-state index in [2.05, 4.69) is 0 Å². The van der Waals surface area contributed by atoms with Crippen LogP contribution in [0.3, 0.4) is 0 Å². The lowest BCUT2D eigenvalue weighted by molar-refractivity contribution is -0.141. The van der Waals surface area contributed by atoms with Crippen LogP contribution in [0.25, 0.3) is 0 Å². The molecule has 5 nitrogen and oxygen atoms in total. The van der Waals surface area contributed by atoms with Gasteiger partial charge >= 0.3 is 5.97 Å². The molecule has 1 fully saturated rings. The highest BCUT2D eigenvalue weighted by atomic mass is 16.5. The van der Waals surface area contributed by atoms with Crippen LogP contribution in [0.5, 0.6) is 11.5 Å². The van der Waals surface area contributed by atoms with Crippen molar-refractivity contribution >= 4 is 11.9 Å². The predicted molar refractivity (Wildman–Crippen MR) is 93.7 cm³/mol. The Morgan fingerprint density at radius 3 is 2.60 bits per heavy atom. The maximum absolute atomic E-state index is 11.8. The third-order valence-electron chi connectivity index (χ3n) is 4.38. The quantitative estimate of drug-likeness (QED) is 0.877. The highest BCUT2D eigenvalue weighted by molar-refractivity contribution is 5.86. The first-order valence-electron chi connectivity index (χ1n) is 8.35. The Labute approximate surface area is 146 Å². The van der Waals surface area contributed by atoms with Gasteiger partial charge < -0.3 is 14.7 Å². The second-order valence-corrected chi connectivity index (χ2v) is 6.39. The summed E-state index contributed by atoms with van der Waals surface area (Å²) in [6.45, 7) is 2.87. The van der Waals surface area contributed by atoms with E-state index in [1.54, 1.807) is 4.90 Å². The monoisotopic (exact) mass is 339 g/mol. The zero-order valence-electron chi connectivity index (χ0n) is 14.1. The number of likely N-dealkylation sites (tertiary alicyclic amines) is 1. The summed E-state index contributed by atoms with van der Waals surface area (Å²) in [6.07, 6.45) is 0.807. The third-order valence-corrected chi connectivity index (χ3v) is 4.38. The molecule has 0 saturated carbocycles. The average Bonchev–Trinajstić information content (AvgIpc) is 2.96. The average molecular weight is 339 g/mol. The van der Waals surface area contributed by atoms with Crippen molar-refractivity contribution in [2.24, 2.45) is 5.92 Å². The van der Waals surface area contributed by atoms with Crippen LogP contribution in [0, 0.1) is 12.8 Å². The molecule has 1 atom stereocenters. The molecule has 1 unspecified atom stereocenters. The Bertz CT molecular complexity index is 770. The fourth-order valence-electron chi connectivity index (χ4n) is 2.96. The van der Waals surface area contributed by atoms with Crippen LogP contribution in [0.2, 0.25) is 0 Å². The molecule has 3 rings (SSSR count). The van der Waals surface area contributed by atoms with Gasteiger partial charge in [0.15, 0.2) is 0 Å². The van der Waals surface area contributed by atoms with Crippen LogP contribution in [-0.2, 0) is 16.0 Å². The first-order chi connectivity index (χ1) is 12.0. The number of carboxylic acids is 1. The topological polar surface area (TPSA) is 66.8 Å². The van der Waals surface area contributed by atoms with Crippen LogP contribution < -0.4 is 4.74 Å². The van der Waals surface area contributed by atoms with Crippen molar-refractivity contribution in [1.82, 2.24) is 4.90 Å². The normalized spacial score (nSPS) is 16.9. The summed E-state index contributed by atoms with van der Waals surface area (Å²) in [5.74, 6) is 0.0190. The molecule has 2 aromatic rings. The van der Waals surface area contributed by atoms with E-state index in [0.717, 1.165) is 22.6 Å². The van der Waals surface area contributed by atoms with Gasteiger partial charge in [-0.1, -0.05) is 24.3 Å². The maximum Gasteiger partial charge on any atom is 0.308 e.